The van der Waals surface area contributed by atoms with Gasteiger partial charge in [-0.2, -0.15) is 0 Å². The van der Waals surface area contributed by atoms with Crippen LogP contribution in [-0.4, -0.2) is 17.6 Å². The van der Waals surface area contributed by atoms with Gasteiger partial charge in [-0.05, 0) is 36.8 Å². The second-order valence-electron chi connectivity index (χ2n) is 6.13. The Morgan fingerprint density at radius 2 is 1.56 bits per heavy atom. The third kappa shape index (κ3) is 3.00. The van der Waals surface area contributed by atoms with Crippen LogP contribution in [0.25, 0.3) is 0 Å². The Balaban J connectivity index is 1.69. The number of fused-ring (bicyclic) bond motifs is 1. The Hall–Kier alpha value is -3.73. The fourth-order valence-electron chi connectivity index (χ4n) is 3.06. The molecule has 3 aromatic rings. The molecule has 5 nitrogen and oxygen atoms in total. The Labute approximate surface area is 156 Å². The fraction of sp³-hybridized carbons (Fsp3) is 0.0455. The zero-order valence-corrected chi connectivity index (χ0v) is 14.6. The van der Waals surface area contributed by atoms with Gasteiger partial charge in [-0.3, -0.25) is 9.69 Å². The first-order valence-corrected chi connectivity index (χ1v) is 8.50. The molecular formula is C22H16N2O3. The number of anilines is 2. The van der Waals surface area contributed by atoms with Gasteiger partial charge < -0.3 is 4.84 Å². The first kappa shape index (κ1) is 16.7. The number of benzene rings is 3. The molecule has 0 saturated carbocycles. The maximum atomic E-state index is 13.0. The highest BCUT2D eigenvalue weighted by Crippen LogP contribution is 2.35. The van der Waals surface area contributed by atoms with E-state index in [9.17, 15) is 9.59 Å². The van der Waals surface area contributed by atoms with E-state index in [4.69, 9.17) is 4.84 Å². The smallest absolute Gasteiger partial charge is 0.312 e. The summed E-state index contributed by atoms with van der Waals surface area (Å²) < 4.78 is 0. The zero-order valence-electron chi connectivity index (χ0n) is 14.6. The second kappa shape index (κ2) is 6.88. The summed E-state index contributed by atoms with van der Waals surface area (Å²) in [7, 11) is 0. The van der Waals surface area contributed by atoms with Gasteiger partial charge in [-0.25, -0.2) is 4.79 Å². The molecule has 27 heavy (non-hydrogen) atoms. The number of carbonyl (C=O) groups is 2. The van der Waals surface area contributed by atoms with Crippen molar-refractivity contribution in [2.75, 3.05) is 4.90 Å². The van der Waals surface area contributed by atoms with Crippen molar-refractivity contribution in [2.24, 2.45) is 5.16 Å². The molecule has 0 spiro atoms. The standard InChI is InChI=1S/C22H16N2O3/c1-15-9-5-6-12-17(15)22(26)27-23-20-18-13-7-8-14-19(18)24(21(20)25)16-10-3-2-4-11-16/h2-14H,1H3/b23-20+. The van der Waals surface area contributed by atoms with Crippen LogP contribution in [0.2, 0.25) is 0 Å². The Bertz CT molecular complexity index is 1060. The summed E-state index contributed by atoms with van der Waals surface area (Å²) in [4.78, 5) is 32.0. The summed E-state index contributed by atoms with van der Waals surface area (Å²) >= 11 is 0. The lowest BCUT2D eigenvalue weighted by molar-refractivity contribution is -0.111. The SMILES string of the molecule is Cc1ccccc1C(=O)O/N=C1/C(=O)N(c2ccccc2)c2ccccc21. The van der Waals surface area contributed by atoms with Gasteiger partial charge >= 0.3 is 5.97 Å². The molecular weight excluding hydrogens is 340 g/mol. The highest BCUT2D eigenvalue weighted by atomic mass is 16.7. The lowest BCUT2D eigenvalue weighted by atomic mass is 10.1. The van der Waals surface area contributed by atoms with Gasteiger partial charge in [0.25, 0.3) is 5.91 Å². The first-order valence-electron chi connectivity index (χ1n) is 8.50. The molecule has 5 heteroatoms. The lowest BCUT2D eigenvalue weighted by Gasteiger charge is -2.16. The predicted octanol–water partition coefficient (Wildman–Crippen LogP) is 4.23. The van der Waals surface area contributed by atoms with Crippen molar-refractivity contribution in [3.05, 3.63) is 95.6 Å². The molecule has 132 valence electrons. The molecule has 0 N–H and O–H groups in total. The molecule has 0 radical (unpaired) electrons. The van der Waals surface area contributed by atoms with Crippen molar-refractivity contribution in [3.63, 3.8) is 0 Å². The largest absolute Gasteiger partial charge is 0.366 e. The second-order valence-corrected chi connectivity index (χ2v) is 6.13. The van der Waals surface area contributed by atoms with Crippen molar-refractivity contribution in [2.45, 2.75) is 6.92 Å². The van der Waals surface area contributed by atoms with Crippen LogP contribution >= 0.6 is 0 Å². The van der Waals surface area contributed by atoms with Gasteiger partial charge in [-0.15, -0.1) is 0 Å². The number of para-hydroxylation sites is 2. The number of hydrogen-bond donors (Lipinski definition) is 0. The van der Waals surface area contributed by atoms with Crippen LogP contribution < -0.4 is 4.90 Å². The highest BCUT2D eigenvalue weighted by molar-refractivity contribution is 6.55. The molecule has 1 aliphatic heterocycles. The van der Waals surface area contributed by atoms with E-state index in [2.05, 4.69) is 5.16 Å². The summed E-state index contributed by atoms with van der Waals surface area (Å²) in [5, 5.41) is 3.91. The third-order valence-corrected chi connectivity index (χ3v) is 4.40. The molecule has 0 fully saturated rings. The molecule has 1 amide bonds. The number of nitrogens with zero attached hydrogens (tertiary/aromatic N) is 2. The van der Waals surface area contributed by atoms with Gasteiger partial charge in [-0.1, -0.05) is 59.8 Å². The molecule has 0 aliphatic carbocycles. The minimum atomic E-state index is -0.593. The van der Waals surface area contributed by atoms with Crippen molar-refractivity contribution in [3.8, 4) is 0 Å². The summed E-state index contributed by atoms with van der Waals surface area (Å²) in [5.41, 5.74) is 3.37. The fourth-order valence-corrected chi connectivity index (χ4v) is 3.06. The van der Waals surface area contributed by atoms with Gasteiger partial charge in [0, 0.05) is 11.3 Å². The molecule has 0 unspecified atom stereocenters. The maximum Gasteiger partial charge on any atom is 0.366 e. The van der Waals surface area contributed by atoms with E-state index < -0.39 is 5.97 Å². The number of oxime groups is 1. The zero-order chi connectivity index (χ0) is 18.8. The summed E-state index contributed by atoms with van der Waals surface area (Å²) in [6, 6.07) is 23.7. The van der Waals surface area contributed by atoms with E-state index in [1.165, 1.54) is 0 Å². The third-order valence-electron chi connectivity index (χ3n) is 4.40. The summed E-state index contributed by atoms with van der Waals surface area (Å²) in [6.07, 6.45) is 0. The molecule has 0 aromatic heterocycles. The van der Waals surface area contributed by atoms with E-state index in [0.717, 1.165) is 11.3 Å². The quantitative estimate of drug-likeness (QED) is 0.521. The molecule has 0 bridgehead atoms. The number of rotatable bonds is 3. The van der Waals surface area contributed by atoms with Crippen molar-refractivity contribution in [1.82, 2.24) is 0 Å². The van der Waals surface area contributed by atoms with Crippen LogP contribution in [0.5, 0.6) is 0 Å². The Kier molecular flexibility index (Phi) is 4.26. The minimum Gasteiger partial charge on any atom is -0.312 e. The van der Waals surface area contributed by atoms with Crippen LogP contribution in [0.3, 0.4) is 0 Å². The summed E-state index contributed by atoms with van der Waals surface area (Å²) in [5.74, 6) is -0.927. The van der Waals surface area contributed by atoms with Crippen LogP contribution in [0.4, 0.5) is 11.4 Å². The van der Waals surface area contributed by atoms with E-state index in [1.807, 2.05) is 67.6 Å². The average molecular weight is 356 g/mol. The molecule has 1 aliphatic rings. The van der Waals surface area contributed by atoms with E-state index in [0.29, 0.717) is 16.8 Å². The molecule has 1 heterocycles. The number of carbonyl (C=O) groups excluding carboxylic acids is 2. The Morgan fingerprint density at radius 3 is 2.33 bits per heavy atom. The van der Waals surface area contributed by atoms with Gasteiger partial charge in [0.1, 0.15) is 0 Å². The lowest BCUT2D eigenvalue weighted by Crippen LogP contribution is -2.25. The molecule has 4 rings (SSSR count). The first-order chi connectivity index (χ1) is 13.2. The monoisotopic (exact) mass is 356 g/mol. The van der Waals surface area contributed by atoms with E-state index >= 15 is 0 Å². The number of hydrogen-bond acceptors (Lipinski definition) is 4. The van der Waals surface area contributed by atoms with Crippen molar-refractivity contribution < 1.29 is 14.4 Å². The van der Waals surface area contributed by atoms with E-state index in [1.54, 1.807) is 23.1 Å². The topological polar surface area (TPSA) is 59.0 Å². The highest BCUT2D eigenvalue weighted by Gasteiger charge is 2.35. The average Bonchev–Trinajstić information content (AvgIpc) is 2.98. The summed E-state index contributed by atoms with van der Waals surface area (Å²) in [6.45, 7) is 1.82. The van der Waals surface area contributed by atoms with E-state index in [-0.39, 0.29) is 11.6 Å². The van der Waals surface area contributed by atoms with Gasteiger partial charge in [0.15, 0.2) is 5.71 Å². The predicted molar refractivity (Wildman–Crippen MR) is 103 cm³/mol. The van der Waals surface area contributed by atoms with Crippen LogP contribution in [0, 0.1) is 6.92 Å². The molecule has 3 aromatic carbocycles. The number of aryl methyl sites for hydroxylation is 1. The Morgan fingerprint density at radius 1 is 0.889 bits per heavy atom. The minimum absolute atomic E-state index is 0.108. The van der Waals surface area contributed by atoms with Crippen LogP contribution in [0.1, 0.15) is 21.5 Å². The number of amides is 1. The van der Waals surface area contributed by atoms with Crippen molar-refractivity contribution in [1.29, 1.82) is 0 Å². The maximum absolute atomic E-state index is 13.0. The molecule has 0 atom stereocenters. The van der Waals surface area contributed by atoms with Crippen molar-refractivity contribution >= 4 is 29.0 Å². The molecule has 0 saturated heterocycles. The van der Waals surface area contributed by atoms with Gasteiger partial charge in [0.05, 0.1) is 11.3 Å². The van der Waals surface area contributed by atoms with Crippen LogP contribution in [0.15, 0.2) is 84.0 Å². The van der Waals surface area contributed by atoms with Crippen LogP contribution in [-0.2, 0) is 9.63 Å². The van der Waals surface area contributed by atoms with Gasteiger partial charge in [0.2, 0.25) is 0 Å². The normalized spacial score (nSPS) is 14.3.